The van der Waals surface area contributed by atoms with Crippen LogP contribution in [0.5, 0.6) is 0 Å². The van der Waals surface area contributed by atoms with Crippen LogP contribution in [0.3, 0.4) is 0 Å². The maximum Gasteiger partial charge on any atom is 0.407 e. The van der Waals surface area contributed by atoms with Crippen molar-refractivity contribution in [2.24, 2.45) is 5.73 Å². The van der Waals surface area contributed by atoms with E-state index in [-0.39, 0.29) is 12.7 Å². The molecule has 0 radical (unpaired) electrons. The van der Waals surface area contributed by atoms with Gasteiger partial charge in [0, 0.05) is 13.1 Å². The largest absolute Gasteiger partial charge is 0.465 e. The highest BCUT2D eigenvalue weighted by Gasteiger charge is 2.22. The Morgan fingerprint density at radius 3 is 2.43 bits per heavy atom. The number of primary amides is 1. The van der Waals surface area contributed by atoms with E-state index in [0.29, 0.717) is 25.9 Å². The van der Waals surface area contributed by atoms with Crippen LogP contribution in [0.15, 0.2) is 0 Å². The first-order chi connectivity index (χ1) is 6.59. The monoisotopic (exact) mass is 202 g/mol. The third kappa shape index (κ3) is 3.21. The van der Waals surface area contributed by atoms with Gasteiger partial charge in [-0.05, 0) is 12.8 Å². The van der Waals surface area contributed by atoms with Gasteiger partial charge in [0.25, 0.3) is 0 Å². The van der Waals surface area contributed by atoms with Crippen molar-refractivity contribution >= 4 is 12.0 Å². The predicted molar refractivity (Wildman–Crippen MR) is 47.8 cm³/mol. The highest BCUT2D eigenvalue weighted by molar-refractivity contribution is 5.75. The van der Waals surface area contributed by atoms with Crippen LogP contribution >= 0.6 is 0 Å². The van der Waals surface area contributed by atoms with Crippen LogP contribution in [0, 0.1) is 0 Å². The zero-order chi connectivity index (χ0) is 10.6. The lowest BCUT2D eigenvalue weighted by Gasteiger charge is -2.29. The van der Waals surface area contributed by atoms with Gasteiger partial charge in [-0.1, -0.05) is 0 Å². The van der Waals surface area contributed by atoms with Gasteiger partial charge in [-0.3, -0.25) is 4.79 Å². The number of carbonyl (C=O) groups excluding carboxylic acids is 1. The van der Waals surface area contributed by atoms with Gasteiger partial charge in [-0.25, -0.2) is 4.79 Å². The highest BCUT2D eigenvalue weighted by atomic mass is 16.5. The number of rotatable bonds is 3. The minimum absolute atomic E-state index is 0.0434. The molecule has 1 heterocycles. The summed E-state index contributed by atoms with van der Waals surface area (Å²) < 4.78 is 5.18. The van der Waals surface area contributed by atoms with Crippen molar-refractivity contribution in [3.63, 3.8) is 0 Å². The minimum atomic E-state index is -0.904. The number of carbonyl (C=O) groups is 2. The average Bonchev–Trinajstić information content (AvgIpc) is 2.15. The Hall–Kier alpha value is -1.30. The average molecular weight is 202 g/mol. The van der Waals surface area contributed by atoms with E-state index in [9.17, 15) is 9.59 Å². The number of nitrogens with zero attached hydrogens (tertiary/aromatic N) is 1. The molecule has 3 N–H and O–H groups in total. The second kappa shape index (κ2) is 4.80. The summed E-state index contributed by atoms with van der Waals surface area (Å²) in [5.41, 5.74) is 4.92. The van der Waals surface area contributed by atoms with Crippen molar-refractivity contribution in [2.45, 2.75) is 18.9 Å². The van der Waals surface area contributed by atoms with Gasteiger partial charge in [0.05, 0.1) is 6.10 Å². The Kier molecular flexibility index (Phi) is 3.70. The van der Waals surface area contributed by atoms with E-state index in [1.807, 2.05) is 0 Å². The Bertz CT molecular complexity index is 223. The van der Waals surface area contributed by atoms with E-state index in [2.05, 4.69) is 0 Å². The van der Waals surface area contributed by atoms with Crippen molar-refractivity contribution in [3.8, 4) is 0 Å². The molecule has 1 aliphatic rings. The van der Waals surface area contributed by atoms with Gasteiger partial charge < -0.3 is 20.5 Å². The molecule has 1 saturated heterocycles. The number of ether oxygens (including phenoxy) is 1. The van der Waals surface area contributed by atoms with Gasteiger partial charge in [0.15, 0.2) is 0 Å². The summed E-state index contributed by atoms with van der Waals surface area (Å²) in [6, 6.07) is 0. The molecule has 6 heteroatoms. The molecule has 0 bridgehead atoms. The topological polar surface area (TPSA) is 92.9 Å². The van der Waals surface area contributed by atoms with Gasteiger partial charge in [-0.2, -0.15) is 0 Å². The van der Waals surface area contributed by atoms with Crippen LogP contribution in [0.1, 0.15) is 12.8 Å². The second-order valence-corrected chi connectivity index (χ2v) is 3.25. The number of nitrogens with two attached hydrogens (primary N) is 1. The first-order valence-corrected chi connectivity index (χ1v) is 4.47. The Morgan fingerprint density at radius 1 is 1.43 bits per heavy atom. The Labute approximate surface area is 81.6 Å². The summed E-state index contributed by atoms with van der Waals surface area (Å²) in [5, 5.41) is 8.65. The summed E-state index contributed by atoms with van der Waals surface area (Å²) >= 11 is 0. The predicted octanol–water partition coefficient (Wildman–Crippen LogP) is -0.369. The lowest BCUT2D eigenvalue weighted by molar-refractivity contribution is -0.125. The van der Waals surface area contributed by atoms with Crippen molar-refractivity contribution in [2.75, 3.05) is 19.7 Å². The number of piperidine rings is 1. The van der Waals surface area contributed by atoms with Gasteiger partial charge >= 0.3 is 6.09 Å². The summed E-state index contributed by atoms with van der Waals surface area (Å²) in [5.74, 6) is -0.495. The highest BCUT2D eigenvalue weighted by Crippen LogP contribution is 2.13. The SMILES string of the molecule is NC(=O)COC1CCN(C(=O)O)CC1. The maximum atomic E-state index is 10.5. The van der Waals surface area contributed by atoms with E-state index in [0.717, 1.165) is 0 Å². The van der Waals surface area contributed by atoms with Crippen LogP contribution in [0.4, 0.5) is 4.79 Å². The molecule has 0 aromatic rings. The molecular formula is C8H14N2O4. The van der Waals surface area contributed by atoms with E-state index in [4.69, 9.17) is 15.6 Å². The lowest BCUT2D eigenvalue weighted by Crippen LogP contribution is -2.40. The Balaban J connectivity index is 2.22. The molecule has 0 aromatic carbocycles. The van der Waals surface area contributed by atoms with Crippen LogP contribution in [0.2, 0.25) is 0 Å². The van der Waals surface area contributed by atoms with Crippen molar-refractivity contribution < 1.29 is 19.4 Å². The first-order valence-electron chi connectivity index (χ1n) is 4.47. The molecule has 0 unspecified atom stereocenters. The minimum Gasteiger partial charge on any atom is -0.465 e. The van der Waals surface area contributed by atoms with Crippen LogP contribution in [-0.2, 0) is 9.53 Å². The molecule has 0 saturated carbocycles. The quantitative estimate of drug-likeness (QED) is 0.653. The number of likely N-dealkylation sites (tertiary alicyclic amines) is 1. The van der Waals surface area contributed by atoms with E-state index in [1.54, 1.807) is 0 Å². The third-order valence-electron chi connectivity index (χ3n) is 2.17. The first kappa shape index (κ1) is 10.8. The summed E-state index contributed by atoms with van der Waals surface area (Å²) in [6.45, 7) is 0.829. The molecule has 2 amide bonds. The zero-order valence-electron chi connectivity index (χ0n) is 7.81. The number of carboxylic acid groups (broad SMARTS) is 1. The van der Waals surface area contributed by atoms with Gasteiger partial charge in [-0.15, -0.1) is 0 Å². The number of hydrogen-bond donors (Lipinski definition) is 2. The van der Waals surface area contributed by atoms with Gasteiger partial charge in [0.1, 0.15) is 6.61 Å². The third-order valence-corrected chi connectivity index (χ3v) is 2.17. The molecule has 80 valence electrons. The molecule has 14 heavy (non-hydrogen) atoms. The molecule has 1 rings (SSSR count). The summed E-state index contributed by atoms with van der Waals surface area (Å²) in [7, 11) is 0. The fourth-order valence-electron chi connectivity index (χ4n) is 1.41. The van der Waals surface area contributed by atoms with Gasteiger partial charge in [0.2, 0.25) is 5.91 Å². The van der Waals surface area contributed by atoms with Crippen molar-refractivity contribution in [3.05, 3.63) is 0 Å². The summed E-state index contributed by atoms with van der Waals surface area (Å²) in [6.07, 6.45) is 0.301. The standard InChI is InChI=1S/C8H14N2O4/c9-7(11)5-14-6-1-3-10(4-2-6)8(12)13/h6H,1-5H2,(H2,9,11)(H,12,13). The molecule has 0 atom stereocenters. The van der Waals surface area contributed by atoms with Crippen LogP contribution < -0.4 is 5.73 Å². The molecule has 0 aromatic heterocycles. The van der Waals surface area contributed by atoms with Crippen molar-refractivity contribution in [1.29, 1.82) is 0 Å². The normalized spacial score (nSPS) is 18.1. The molecule has 1 fully saturated rings. The fourth-order valence-corrected chi connectivity index (χ4v) is 1.41. The fraction of sp³-hybridized carbons (Fsp3) is 0.750. The van der Waals surface area contributed by atoms with Crippen molar-refractivity contribution in [1.82, 2.24) is 4.90 Å². The Morgan fingerprint density at radius 2 is 2.00 bits per heavy atom. The lowest BCUT2D eigenvalue weighted by atomic mass is 10.1. The smallest absolute Gasteiger partial charge is 0.407 e. The summed E-state index contributed by atoms with van der Waals surface area (Å²) in [4.78, 5) is 22.3. The zero-order valence-corrected chi connectivity index (χ0v) is 7.81. The molecule has 1 aliphatic heterocycles. The number of hydrogen-bond acceptors (Lipinski definition) is 3. The van der Waals surface area contributed by atoms with E-state index < -0.39 is 12.0 Å². The molecular weight excluding hydrogens is 188 g/mol. The van der Waals surface area contributed by atoms with Crippen LogP contribution in [-0.4, -0.2) is 47.8 Å². The number of amides is 2. The van der Waals surface area contributed by atoms with Crippen LogP contribution in [0.25, 0.3) is 0 Å². The second-order valence-electron chi connectivity index (χ2n) is 3.25. The molecule has 6 nitrogen and oxygen atoms in total. The van der Waals surface area contributed by atoms with E-state index >= 15 is 0 Å². The molecule has 0 aliphatic carbocycles. The van der Waals surface area contributed by atoms with E-state index in [1.165, 1.54) is 4.90 Å². The maximum absolute atomic E-state index is 10.5. The molecule has 0 spiro atoms.